The molecule has 1 amide bonds. The number of aryl methyl sites for hydroxylation is 1. The molecule has 0 heterocycles. The van der Waals surface area contributed by atoms with Gasteiger partial charge in [-0.3, -0.25) is 4.79 Å². The van der Waals surface area contributed by atoms with Gasteiger partial charge < -0.3 is 10.6 Å². The number of carbonyl (C=O) groups excluding carboxylic acids is 1. The second kappa shape index (κ2) is 7.17. The van der Waals surface area contributed by atoms with Crippen LogP contribution in [0.15, 0.2) is 18.2 Å². The molecule has 1 aromatic carbocycles. The Hall–Kier alpha value is -1.22. The molecule has 0 saturated heterocycles. The lowest BCUT2D eigenvalue weighted by atomic mass is 10.1. The summed E-state index contributed by atoms with van der Waals surface area (Å²) in [5.41, 5.74) is 8.05. The first-order chi connectivity index (χ1) is 7.60. The predicted molar refractivity (Wildman–Crippen MR) is 74.7 cm³/mol. The molecule has 0 saturated carbocycles. The highest BCUT2D eigenvalue weighted by Crippen LogP contribution is 2.15. The second-order valence-electron chi connectivity index (χ2n) is 3.96. The molecule has 0 aliphatic carbocycles. The molecule has 0 bridgehead atoms. The van der Waals surface area contributed by atoms with Gasteiger partial charge in [0.25, 0.3) is 5.91 Å². The van der Waals surface area contributed by atoms with Crippen LogP contribution >= 0.6 is 12.4 Å². The largest absolute Gasteiger partial charge is 0.399 e. The molecule has 0 aromatic heterocycles. The van der Waals surface area contributed by atoms with Gasteiger partial charge in [-0.05, 0) is 38.0 Å². The first kappa shape index (κ1) is 15.8. The average Bonchev–Trinajstić information content (AvgIpc) is 2.28. The summed E-state index contributed by atoms with van der Waals surface area (Å²) in [5.74, 6) is 0.0779. The van der Waals surface area contributed by atoms with Gasteiger partial charge in [0.2, 0.25) is 0 Å². The normalized spacial score (nSPS) is 9.59. The van der Waals surface area contributed by atoms with Crippen molar-refractivity contribution in [3.05, 3.63) is 29.3 Å². The molecule has 4 heteroatoms. The van der Waals surface area contributed by atoms with Crippen LogP contribution in [0.5, 0.6) is 0 Å². The van der Waals surface area contributed by atoms with Crippen LogP contribution in [0.2, 0.25) is 0 Å². The summed E-state index contributed by atoms with van der Waals surface area (Å²) in [4.78, 5) is 14.1. The maximum Gasteiger partial charge on any atom is 0.254 e. The topological polar surface area (TPSA) is 46.3 Å². The van der Waals surface area contributed by atoms with Crippen LogP contribution in [0.25, 0.3) is 0 Å². The van der Waals surface area contributed by atoms with Crippen molar-refractivity contribution in [3.8, 4) is 0 Å². The first-order valence-electron chi connectivity index (χ1n) is 5.75. The zero-order valence-electron chi connectivity index (χ0n) is 10.7. The molecule has 0 atom stereocenters. The van der Waals surface area contributed by atoms with Crippen molar-refractivity contribution in [2.45, 2.75) is 27.2 Å². The van der Waals surface area contributed by atoms with Crippen molar-refractivity contribution in [2.75, 3.05) is 18.8 Å². The molecular weight excluding hydrogens is 236 g/mol. The highest BCUT2D eigenvalue weighted by Gasteiger charge is 2.15. The molecule has 0 fully saturated rings. The Balaban J connectivity index is 0.00000256. The van der Waals surface area contributed by atoms with Crippen LogP contribution in [0.3, 0.4) is 0 Å². The highest BCUT2D eigenvalue weighted by molar-refractivity contribution is 5.96. The molecule has 0 unspecified atom stereocenters. The van der Waals surface area contributed by atoms with E-state index >= 15 is 0 Å². The van der Waals surface area contributed by atoms with Gasteiger partial charge in [-0.1, -0.05) is 13.0 Å². The monoisotopic (exact) mass is 256 g/mol. The van der Waals surface area contributed by atoms with Crippen molar-refractivity contribution >= 4 is 24.0 Å². The van der Waals surface area contributed by atoms with E-state index in [1.807, 2.05) is 30.9 Å². The van der Waals surface area contributed by atoms with Crippen LogP contribution in [0.1, 0.15) is 36.2 Å². The summed E-state index contributed by atoms with van der Waals surface area (Å²) in [5, 5.41) is 0. The molecule has 2 N–H and O–H groups in total. The van der Waals surface area contributed by atoms with Gasteiger partial charge in [0, 0.05) is 24.3 Å². The van der Waals surface area contributed by atoms with E-state index in [1.54, 1.807) is 6.07 Å². The maximum absolute atomic E-state index is 12.2. The van der Waals surface area contributed by atoms with Crippen LogP contribution in [0.4, 0.5) is 5.69 Å². The lowest BCUT2D eigenvalue weighted by Crippen LogP contribution is -2.32. The van der Waals surface area contributed by atoms with Gasteiger partial charge in [0.1, 0.15) is 0 Å². The Bertz CT molecular complexity index is 380. The molecule has 17 heavy (non-hydrogen) atoms. The van der Waals surface area contributed by atoms with Crippen LogP contribution in [-0.4, -0.2) is 23.9 Å². The SMILES string of the molecule is CCCN(CC)C(=O)c1cc(N)ccc1C.Cl. The van der Waals surface area contributed by atoms with E-state index in [2.05, 4.69) is 6.92 Å². The molecule has 1 rings (SSSR count). The van der Waals surface area contributed by atoms with Crippen LogP contribution < -0.4 is 5.73 Å². The second-order valence-corrected chi connectivity index (χ2v) is 3.96. The van der Waals surface area contributed by atoms with Gasteiger partial charge in [-0.25, -0.2) is 0 Å². The standard InChI is InChI=1S/C13H20N2O.ClH/c1-4-8-15(5-2)13(16)12-9-11(14)7-6-10(12)3;/h6-7,9H,4-5,8,14H2,1-3H3;1H. The molecule has 0 spiro atoms. The quantitative estimate of drug-likeness (QED) is 0.842. The Kier molecular flexibility index (Phi) is 6.66. The lowest BCUT2D eigenvalue weighted by Gasteiger charge is -2.21. The molecule has 0 aliphatic heterocycles. The lowest BCUT2D eigenvalue weighted by molar-refractivity contribution is 0.0764. The minimum atomic E-state index is 0. The van der Waals surface area contributed by atoms with Gasteiger partial charge in [-0.2, -0.15) is 0 Å². The number of benzene rings is 1. The third kappa shape index (κ3) is 3.93. The fourth-order valence-corrected chi connectivity index (χ4v) is 1.71. The number of nitrogens with zero attached hydrogens (tertiary/aromatic N) is 1. The number of anilines is 1. The van der Waals surface area contributed by atoms with E-state index in [1.165, 1.54) is 0 Å². The summed E-state index contributed by atoms with van der Waals surface area (Å²) < 4.78 is 0. The Morgan fingerprint density at radius 2 is 2.00 bits per heavy atom. The number of carbonyl (C=O) groups is 1. The van der Waals surface area contributed by atoms with Gasteiger partial charge >= 0.3 is 0 Å². The summed E-state index contributed by atoms with van der Waals surface area (Å²) in [6.07, 6.45) is 0.973. The highest BCUT2D eigenvalue weighted by atomic mass is 35.5. The Morgan fingerprint density at radius 1 is 1.35 bits per heavy atom. The van der Waals surface area contributed by atoms with Crippen LogP contribution in [0, 0.1) is 6.92 Å². The zero-order chi connectivity index (χ0) is 12.1. The summed E-state index contributed by atoms with van der Waals surface area (Å²) in [6, 6.07) is 5.47. The van der Waals surface area contributed by atoms with E-state index in [0.29, 0.717) is 5.69 Å². The van der Waals surface area contributed by atoms with E-state index in [4.69, 9.17) is 5.73 Å². The minimum Gasteiger partial charge on any atom is -0.399 e. The summed E-state index contributed by atoms with van der Waals surface area (Å²) in [6.45, 7) is 7.54. The van der Waals surface area contributed by atoms with Crippen LogP contribution in [-0.2, 0) is 0 Å². The molecule has 0 aliphatic rings. The summed E-state index contributed by atoms with van der Waals surface area (Å²) in [7, 11) is 0. The molecule has 0 radical (unpaired) electrons. The summed E-state index contributed by atoms with van der Waals surface area (Å²) >= 11 is 0. The third-order valence-electron chi connectivity index (χ3n) is 2.65. The smallest absolute Gasteiger partial charge is 0.254 e. The molecule has 3 nitrogen and oxygen atoms in total. The number of amides is 1. The molecular formula is C13H21ClN2O. The fourth-order valence-electron chi connectivity index (χ4n) is 1.71. The van der Waals surface area contributed by atoms with Gasteiger partial charge in [-0.15, -0.1) is 12.4 Å². The van der Waals surface area contributed by atoms with Crippen molar-refractivity contribution in [2.24, 2.45) is 0 Å². The minimum absolute atomic E-state index is 0. The predicted octanol–water partition coefficient (Wildman–Crippen LogP) is 2.87. The number of nitrogens with two attached hydrogens (primary N) is 1. The van der Waals surface area contributed by atoms with Crippen molar-refractivity contribution < 1.29 is 4.79 Å². The van der Waals surface area contributed by atoms with Gasteiger partial charge in [0.05, 0.1) is 0 Å². The van der Waals surface area contributed by atoms with E-state index in [-0.39, 0.29) is 18.3 Å². The average molecular weight is 257 g/mol. The van der Waals surface area contributed by atoms with Crippen molar-refractivity contribution in [3.63, 3.8) is 0 Å². The molecule has 96 valence electrons. The number of halogens is 1. The van der Waals surface area contributed by atoms with Crippen molar-refractivity contribution in [1.82, 2.24) is 4.90 Å². The number of hydrogen-bond donors (Lipinski definition) is 1. The first-order valence-corrected chi connectivity index (χ1v) is 5.75. The van der Waals surface area contributed by atoms with E-state index < -0.39 is 0 Å². The zero-order valence-corrected chi connectivity index (χ0v) is 11.5. The van der Waals surface area contributed by atoms with Gasteiger partial charge in [0.15, 0.2) is 0 Å². The fraction of sp³-hybridized carbons (Fsp3) is 0.462. The molecule has 1 aromatic rings. The van der Waals surface area contributed by atoms with E-state index in [0.717, 1.165) is 30.6 Å². The maximum atomic E-state index is 12.2. The van der Waals surface area contributed by atoms with E-state index in [9.17, 15) is 4.79 Å². The van der Waals surface area contributed by atoms with Crippen molar-refractivity contribution in [1.29, 1.82) is 0 Å². The Labute approximate surface area is 109 Å². The number of nitrogen functional groups attached to an aromatic ring is 1. The third-order valence-corrected chi connectivity index (χ3v) is 2.65. The Morgan fingerprint density at radius 3 is 2.53 bits per heavy atom. The number of rotatable bonds is 4. The number of hydrogen-bond acceptors (Lipinski definition) is 2.